The first-order valence-electron chi connectivity index (χ1n) is 8.94. The highest BCUT2D eigenvalue weighted by molar-refractivity contribution is 7.99. The molecule has 6 nitrogen and oxygen atoms in total. The minimum Gasteiger partial charge on any atom is -0.467 e. The molecule has 1 aromatic heterocycles. The van der Waals surface area contributed by atoms with E-state index in [4.69, 9.17) is 4.74 Å². The Kier molecular flexibility index (Phi) is 7.07. The van der Waals surface area contributed by atoms with Gasteiger partial charge in [0.05, 0.1) is 18.6 Å². The van der Waals surface area contributed by atoms with Crippen molar-refractivity contribution in [2.75, 3.05) is 12.9 Å². The number of esters is 1. The molecule has 2 aromatic rings. The number of amides is 1. The first-order valence-corrected chi connectivity index (χ1v) is 9.93. The molecule has 0 aliphatic rings. The van der Waals surface area contributed by atoms with Crippen LogP contribution in [0.4, 0.5) is 0 Å². The van der Waals surface area contributed by atoms with Crippen molar-refractivity contribution in [2.24, 2.45) is 0 Å². The average Bonchev–Trinajstić information content (AvgIpc) is 3.10. The van der Waals surface area contributed by atoms with Crippen LogP contribution in [0.2, 0.25) is 0 Å². The predicted molar refractivity (Wildman–Crippen MR) is 107 cm³/mol. The number of rotatable bonds is 8. The van der Waals surface area contributed by atoms with Crippen LogP contribution in [0, 0.1) is 13.8 Å². The number of nitrogens with one attached hydrogen (secondary N) is 1. The van der Waals surface area contributed by atoms with Gasteiger partial charge in [-0.1, -0.05) is 37.2 Å². The Hall–Kier alpha value is -2.28. The van der Waals surface area contributed by atoms with Crippen LogP contribution in [0.15, 0.2) is 35.7 Å². The quantitative estimate of drug-likeness (QED) is 0.553. The maximum Gasteiger partial charge on any atom is 0.331 e. The molecule has 0 saturated carbocycles. The molecule has 1 amide bonds. The standard InChI is InChI=1S/C20H27N3O3S/c1-6-10-20(4,18(25)26-5)22-17(24)13-27-19-21-11-12-23(19)16-9-7-8-14(2)15(16)3/h7-9,11-12H,6,10,13H2,1-5H3,(H,22,24). The number of carbonyl (C=O) groups is 2. The Labute approximate surface area is 164 Å². The van der Waals surface area contributed by atoms with Gasteiger partial charge in [0.15, 0.2) is 5.16 Å². The minimum atomic E-state index is -1.01. The number of hydrogen-bond acceptors (Lipinski definition) is 5. The van der Waals surface area contributed by atoms with Gasteiger partial charge in [-0.05, 0) is 44.4 Å². The lowest BCUT2D eigenvalue weighted by molar-refractivity contribution is -0.150. The number of aryl methyl sites for hydroxylation is 1. The van der Waals surface area contributed by atoms with Gasteiger partial charge in [-0.3, -0.25) is 9.36 Å². The zero-order chi connectivity index (χ0) is 20.0. The molecule has 146 valence electrons. The highest BCUT2D eigenvalue weighted by Gasteiger charge is 2.35. The van der Waals surface area contributed by atoms with Crippen LogP contribution in [0.25, 0.3) is 5.69 Å². The molecule has 1 aromatic carbocycles. The van der Waals surface area contributed by atoms with E-state index in [1.807, 2.05) is 29.8 Å². The molecule has 0 bridgehead atoms. The van der Waals surface area contributed by atoms with E-state index >= 15 is 0 Å². The molecule has 2 rings (SSSR count). The Balaban J connectivity index is 2.10. The lowest BCUT2D eigenvalue weighted by atomic mass is 9.96. The lowest BCUT2D eigenvalue weighted by Gasteiger charge is -2.27. The summed E-state index contributed by atoms with van der Waals surface area (Å²) in [5.41, 5.74) is 2.40. The van der Waals surface area contributed by atoms with E-state index in [0.29, 0.717) is 6.42 Å². The second-order valence-corrected chi connectivity index (χ2v) is 7.65. The van der Waals surface area contributed by atoms with Crippen molar-refractivity contribution in [2.45, 2.75) is 51.2 Å². The van der Waals surface area contributed by atoms with Gasteiger partial charge < -0.3 is 10.1 Å². The monoisotopic (exact) mass is 389 g/mol. The van der Waals surface area contributed by atoms with Gasteiger partial charge in [0.2, 0.25) is 5.91 Å². The number of hydrogen-bond donors (Lipinski definition) is 1. The summed E-state index contributed by atoms with van der Waals surface area (Å²) in [6, 6.07) is 6.10. The Morgan fingerprint density at radius 2 is 2.07 bits per heavy atom. The summed E-state index contributed by atoms with van der Waals surface area (Å²) in [6.07, 6.45) is 4.89. The maximum absolute atomic E-state index is 12.4. The van der Waals surface area contributed by atoms with Crippen molar-refractivity contribution in [3.63, 3.8) is 0 Å². The van der Waals surface area contributed by atoms with Crippen molar-refractivity contribution in [1.82, 2.24) is 14.9 Å². The third kappa shape index (κ3) is 4.91. The van der Waals surface area contributed by atoms with Crippen LogP contribution in [0.1, 0.15) is 37.8 Å². The van der Waals surface area contributed by atoms with Gasteiger partial charge >= 0.3 is 5.97 Å². The lowest BCUT2D eigenvalue weighted by Crippen LogP contribution is -2.53. The number of nitrogens with zero attached hydrogens (tertiary/aromatic N) is 2. The van der Waals surface area contributed by atoms with E-state index in [1.165, 1.54) is 30.0 Å². The van der Waals surface area contributed by atoms with Crippen LogP contribution in [-0.4, -0.2) is 39.8 Å². The number of benzene rings is 1. The minimum absolute atomic E-state index is 0.165. The summed E-state index contributed by atoms with van der Waals surface area (Å²) < 4.78 is 6.82. The number of methoxy groups -OCH3 is 1. The highest BCUT2D eigenvalue weighted by Crippen LogP contribution is 2.24. The van der Waals surface area contributed by atoms with E-state index in [1.54, 1.807) is 13.1 Å². The first kappa shape index (κ1) is 21.0. The number of aromatic nitrogens is 2. The molecule has 1 unspecified atom stereocenters. The Morgan fingerprint density at radius 3 is 2.74 bits per heavy atom. The van der Waals surface area contributed by atoms with Crippen molar-refractivity contribution >= 4 is 23.6 Å². The fraction of sp³-hybridized carbons (Fsp3) is 0.450. The molecular formula is C20H27N3O3S. The molecule has 1 atom stereocenters. The largest absolute Gasteiger partial charge is 0.467 e. The van der Waals surface area contributed by atoms with Crippen molar-refractivity contribution < 1.29 is 14.3 Å². The van der Waals surface area contributed by atoms with Gasteiger partial charge in [-0.2, -0.15) is 0 Å². The zero-order valence-corrected chi connectivity index (χ0v) is 17.4. The smallest absolute Gasteiger partial charge is 0.331 e. The molecule has 7 heteroatoms. The summed E-state index contributed by atoms with van der Waals surface area (Å²) in [5, 5.41) is 3.55. The van der Waals surface area contributed by atoms with Gasteiger partial charge in [-0.15, -0.1) is 0 Å². The zero-order valence-electron chi connectivity index (χ0n) is 16.5. The molecule has 0 saturated heterocycles. The van der Waals surface area contributed by atoms with E-state index < -0.39 is 11.5 Å². The first-order chi connectivity index (χ1) is 12.8. The van der Waals surface area contributed by atoms with E-state index in [2.05, 4.69) is 30.2 Å². The number of imidazole rings is 1. The fourth-order valence-corrected chi connectivity index (χ4v) is 3.76. The SMILES string of the molecule is CCCC(C)(NC(=O)CSc1nccn1-c1cccc(C)c1C)C(=O)OC. The van der Waals surface area contributed by atoms with Gasteiger partial charge in [-0.25, -0.2) is 9.78 Å². The van der Waals surface area contributed by atoms with Gasteiger partial charge in [0, 0.05) is 12.4 Å². The van der Waals surface area contributed by atoms with Crippen LogP contribution in [0.3, 0.4) is 0 Å². The maximum atomic E-state index is 12.4. The third-order valence-electron chi connectivity index (χ3n) is 4.58. The fourth-order valence-electron chi connectivity index (χ4n) is 2.99. The van der Waals surface area contributed by atoms with E-state index in [-0.39, 0.29) is 11.7 Å². The molecule has 1 heterocycles. The van der Waals surface area contributed by atoms with Crippen molar-refractivity contribution in [1.29, 1.82) is 0 Å². The van der Waals surface area contributed by atoms with Gasteiger partial charge in [0.25, 0.3) is 0 Å². The number of ether oxygens (including phenoxy) is 1. The molecule has 27 heavy (non-hydrogen) atoms. The molecular weight excluding hydrogens is 362 g/mol. The normalized spacial score (nSPS) is 13.1. The van der Waals surface area contributed by atoms with Crippen LogP contribution < -0.4 is 5.32 Å². The Morgan fingerprint density at radius 1 is 1.33 bits per heavy atom. The summed E-state index contributed by atoms with van der Waals surface area (Å²) in [6.45, 7) is 7.79. The topological polar surface area (TPSA) is 73.2 Å². The second-order valence-electron chi connectivity index (χ2n) is 6.71. The summed E-state index contributed by atoms with van der Waals surface area (Å²) in [4.78, 5) is 28.9. The van der Waals surface area contributed by atoms with Gasteiger partial charge in [0.1, 0.15) is 5.54 Å². The predicted octanol–water partition coefficient (Wildman–Crippen LogP) is 3.43. The number of carbonyl (C=O) groups excluding carboxylic acids is 2. The molecule has 0 radical (unpaired) electrons. The molecule has 0 spiro atoms. The average molecular weight is 390 g/mol. The van der Waals surface area contributed by atoms with E-state index in [9.17, 15) is 9.59 Å². The summed E-state index contributed by atoms with van der Waals surface area (Å²) in [5.74, 6) is -0.491. The van der Waals surface area contributed by atoms with Crippen LogP contribution >= 0.6 is 11.8 Å². The van der Waals surface area contributed by atoms with E-state index in [0.717, 1.165) is 17.3 Å². The second kappa shape index (κ2) is 9.08. The Bertz CT molecular complexity index is 819. The highest BCUT2D eigenvalue weighted by atomic mass is 32.2. The molecule has 0 aliphatic heterocycles. The third-order valence-corrected chi connectivity index (χ3v) is 5.54. The summed E-state index contributed by atoms with van der Waals surface area (Å²) >= 11 is 1.34. The molecule has 0 aliphatic carbocycles. The van der Waals surface area contributed by atoms with Crippen molar-refractivity contribution in [3.05, 3.63) is 41.7 Å². The number of thioether (sulfide) groups is 1. The molecule has 1 N–H and O–H groups in total. The van der Waals surface area contributed by atoms with Crippen molar-refractivity contribution in [3.8, 4) is 5.69 Å². The summed E-state index contributed by atoms with van der Waals surface area (Å²) in [7, 11) is 1.33. The molecule has 0 fully saturated rings. The van der Waals surface area contributed by atoms with Crippen LogP contribution in [-0.2, 0) is 14.3 Å². The van der Waals surface area contributed by atoms with Crippen LogP contribution in [0.5, 0.6) is 0 Å².